The zero-order valence-electron chi connectivity index (χ0n) is 12.7. The molecular formula is C17H22N4O. The van der Waals surface area contributed by atoms with Gasteiger partial charge in [-0.25, -0.2) is 0 Å². The topological polar surface area (TPSA) is 59.0 Å². The minimum atomic E-state index is 0.0890. The van der Waals surface area contributed by atoms with Crippen LogP contribution in [0.3, 0.4) is 0 Å². The van der Waals surface area contributed by atoms with Gasteiger partial charge in [0.1, 0.15) is 0 Å². The number of carbonyl (C=O) groups excluding carboxylic acids is 1. The van der Waals surface area contributed by atoms with E-state index in [1.807, 2.05) is 29.1 Å². The number of hydrogen-bond acceptors (Lipinski definition) is 3. The molecule has 22 heavy (non-hydrogen) atoms. The first-order valence-corrected chi connectivity index (χ1v) is 7.86. The minimum absolute atomic E-state index is 0.0890. The third kappa shape index (κ3) is 4.18. The SMILES string of the molecule is O=C(CC1CCNCC1)Nc1cnn(Cc2ccccc2)c1. The van der Waals surface area contributed by atoms with Crippen LogP contribution in [0.25, 0.3) is 0 Å². The molecule has 5 nitrogen and oxygen atoms in total. The van der Waals surface area contributed by atoms with E-state index in [0.29, 0.717) is 18.9 Å². The van der Waals surface area contributed by atoms with Gasteiger partial charge in [-0.05, 0) is 37.4 Å². The van der Waals surface area contributed by atoms with Gasteiger partial charge in [0, 0.05) is 12.6 Å². The van der Waals surface area contributed by atoms with Crippen LogP contribution in [0.1, 0.15) is 24.8 Å². The Kier molecular flexibility index (Phi) is 4.85. The maximum atomic E-state index is 12.1. The fraction of sp³-hybridized carbons (Fsp3) is 0.412. The van der Waals surface area contributed by atoms with Crippen molar-refractivity contribution in [1.29, 1.82) is 0 Å². The van der Waals surface area contributed by atoms with Crippen molar-refractivity contribution in [3.8, 4) is 0 Å². The largest absolute Gasteiger partial charge is 0.323 e. The van der Waals surface area contributed by atoms with E-state index in [1.165, 1.54) is 5.56 Å². The molecule has 2 heterocycles. The van der Waals surface area contributed by atoms with Crippen molar-refractivity contribution in [3.05, 3.63) is 48.3 Å². The van der Waals surface area contributed by atoms with Crippen LogP contribution in [-0.2, 0) is 11.3 Å². The lowest BCUT2D eigenvalue weighted by Crippen LogP contribution is -2.30. The molecule has 5 heteroatoms. The Morgan fingerprint density at radius 2 is 2.05 bits per heavy atom. The summed E-state index contributed by atoms with van der Waals surface area (Å²) in [4.78, 5) is 12.1. The Morgan fingerprint density at radius 3 is 2.82 bits per heavy atom. The third-order valence-corrected chi connectivity index (χ3v) is 4.04. The van der Waals surface area contributed by atoms with Crippen molar-refractivity contribution >= 4 is 11.6 Å². The fourth-order valence-electron chi connectivity index (χ4n) is 2.85. The maximum absolute atomic E-state index is 12.1. The van der Waals surface area contributed by atoms with Crippen molar-refractivity contribution < 1.29 is 4.79 Å². The van der Waals surface area contributed by atoms with Crippen molar-refractivity contribution in [2.75, 3.05) is 18.4 Å². The van der Waals surface area contributed by atoms with E-state index in [2.05, 4.69) is 27.9 Å². The van der Waals surface area contributed by atoms with Gasteiger partial charge in [-0.15, -0.1) is 0 Å². The predicted octanol–water partition coefficient (Wildman–Crippen LogP) is 2.26. The average Bonchev–Trinajstić information content (AvgIpc) is 2.96. The molecule has 0 aliphatic carbocycles. The lowest BCUT2D eigenvalue weighted by Gasteiger charge is -2.21. The van der Waals surface area contributed by atoms with Crippen LogP contribution in [0.15, 0.2) is 42.7 Å². The lowest BCUT2D eigenvalue weighted by molar-refractivity contribution is -0.117. The first kappa shape index (κ1) is 14.8. The van der Waals surface area contributed by atoms with Crippen molar-refractivity contribution in [1.82, 2.24) is 15.1 Å². The monoisotopic (exact) mass is 298 g/mol. The number of anilines is 1. The van der Waals surface area contributed by atoms with Crippen molar-refractivity contribution in [3.63, 3.8) is 0 Å². The Balaban J connectivity index is 1.51. The van der Waals surface area contributed by atoms with Crippen molar-refractivity contribution in [2.24, 2.45) is 5.92 Å². The highest BCUT2D eigenvalue weighted by molar-refractivity contribution is 5.90. The van der Waals surface area contributed by atoms with Crippen LogP contribution < -0.4 is 10.6 Å². The van der Waals surface area contributed by atoms with Gasteiger partial charge in [-0.2, -0.15) is 5.10 Å². The third-order valence-electron chi connectivity index (χ3n) is 4.04. The Morgan fingerprint density at radius 1 is 1.27 bits per heavy atom. The van der Waals surface area contributed by atoms with E-state index in [-0.39, 0.29) is 5.91 Å². The van der Waals surface area contributed by atoms with E-state index < -0.39 is 0 Å². The minimum Gasteiger partial charge on any atom is -0.323 e. The molecule has 2 aromatic rings. The zero-order valence-corrected chi connectivity index (χ0v) is 12.7. The number of nitrogens with one attached hydrogen (secondary N) is 2. The second kappa shape index (κ2) is 7.22. The van der Waals surface area contributed by atoms with Gasteiger partial charge < -0.3 is 10.6 Å². The van der Waals surface area contributed by atoms with Crippen molar-refractivity contribution in [2.45, 2.75) is 25.8 Å². The van der Waals surface area contributed by atoms with Crippen LogP contribution in [0.5, 0.6) is 0 Å². The highest BCUT2D eigenvalue weighted by atomic mass is 16.1. The average molecular weight is 298 g/mol. The molecule has 116 valence electrons. The number of aromatic nitrogens is 2. The lowest BCUT2D eigenvalue weighted by atomic mass is 9.94. The van der Waals surface area contributed by atoms with E-state index >= 15 is 0 Å². The van der Waals surface area contributed by atoms with Crippen LogP contribution in [0.4, 0.5) is 5.69 Å². The van der Waals surface area contributed by atoms with Gasteiger partial charge >= 0.3 is 0 Å². The Bertz CT molecular complexity index is 602. The van der Waals surface area contributed by atoms with Gasteiger partial charge in [0.2, 0.25) is 5.91 Å². The van der Waals surface area contributed by atoms with Gasteiger partial charge in [0.05, 0.1) is 18.4 Å². The highest BCUT2D eigenvalue weighted by Gasteiger charge is 2.17. The zero-order chi connectivity index (χ0) is 15.2. The summed E-state index contributed by atoms with van der Waals surface area (Å²) in [6, 6.07) is 10.2. The predicted molar refractivity (Wildman–Crippen MR) is 86.6 cm³/mol. The first-order valence-electron chi connectivity index (χ1n) is 7.86. The van der Waals surface area contributed by atoms with Gasteiger partial charge in [-0.3, -0.25) is 9.48 Å². The molecule has 1 aliphatic rings. The highest BCUT2D eigenvalue weighted by Crippen LogP contribution is 2.17. The number of hydrogen-bond donors (Lipinski definition) is 2. The van der Waals surface area contributed by atoms with Crippen LogP contribution >= 0.6 is 0 Å². The number of carbonyl (C=O) groups is 1. The quantitative estimate of drug-likeness (QED) is 0.890. The number of amides is 1. The summed E-state index contributed by atoms with van der Waals surface area (Å²) in [6.45, 7) is 2.75. The maximum Gasteiger partial charge on any atom is 0.224 e. The van der Waals surface area contributed by atoms with E-state index in [9.17, 15) is 4.79 Å². The molecule has 1 amide bonds. The summed E-state index contributed by atoms with van der Waals surface area (Å²) in [7, 11) is 0. The second-order valence-corrected chi connectivity index (χ2v) is 5.86. The molecule has 1 aliphatic heterocycles. The molecule has 0 unspecified atom stereocenters. The number of benzene rings is 1. The van der Waals surface area contributed by atoms with E-state index in [4.69, 9.17) is 0 Å². The number of piperidine rings is 1. The van der Waals surface area contributed by atoms with Gasteiger partial charge in [-0.1, -0.05) is 30.3 Å². The van der Waals surface area contributed by atoms with Gasteiger partial charge in [0.15, 0.2) is 0 Å². The molecule has 2 N–H and O–H groups in total. The summed E-state index contributed by atoms with van der Waals surface area (Å²) >= 11 is 0. The molecule has 1 aromatic heterocycles. The fourth-order valence-corrected chi connectivity index (χ4v) is 2.85. The summed E-state index contributed by atoms with van der Waals surface area (Å²) < 4.78 is 1.84. The summed E-state index contributed by atoms with van der Waals surface area (Å²) in [5.74, 6) is 0.590. The second-order valence-electron chi connectivity index (χ2n) is 5.86. The standard InChI is InChI=1S/C17H22N4O/c22-17(10-14-6-8-18-9-7-14)20-16-11-19-21(13-16)12-15-4-2-1-3-5-15/h1-5,11,13-14,18H,6-10,12H2,(H,20,22). The molecule has 1 fully saturated rings. The van der Waals surface area contributed by atoms with E-state index in [1.54, 1.807) is 6.20 Å². The molecule has 1 saturated heterocycles. The normalized spacial score (nSPS) is 15.6. The molecule has 0 radical (unpaired) electrons. The molecule has 1 aromatic carbocycles. The number of rotatable bonds is 5. The Labute approximate surface area is 130 Å². The molecule has 3 rings (SSSR count). The molecular weight excluding hydrogens is 276 g/mol. The molecule has 0 atom stereocenters. The van der Waals surface area contributed by atoms with Crippen LogP contribution in [0, 0.1) is 5.92 Å². The van der Waals surface area contributed by atoms with Gasteiger partial charge in [0.25, 0.3) is 0 Å². The molecule has 0 saturated carbocycles. The first-order chi connectivity index (χ1) is 10.8. The van der Waals surface area contributed by atoms with Crippen LogP contribution in [0.2, 0.25) is 0 Å². The summed E-state index contributed by atoms with van der Waals surface area (Å²) in [6.07, 6.45) is 6.36. The molecule has 0 bridgehead atoms. The smallest absolute Gasteiger partial charge is 0.224 e. The summed E-state index contributed by atoms with van der Waals surface area (Å²) in [5, 5.41) is 10.6. The number of nitrogens with zero attached hydrogens (tertiary/aromatic N) is 2. The Hall–Kier alpha value is -2.14. The van der Waals surface area contributed by atoms with E-state index in [0.717, 1.165) is 31.6 Å². The van der Waals surface area contributed by atoms with Crippen LogP contribution in [-0.4, -0.2) is 28.8 Å². The molecule has 0 spiro atoms. The summed E-state index contributed by atoms with van der Waals surface area (Å²) in [5.41, 5.74) is 1.97.